The maximum absolute atomic E-state index is 13.2. The van der Waals surface area contributed by atoms with Gasteiger partial charge in [0.05, 0.1) is 5.92 Å². The van der Waals surface area contributed by atoms with Crippen LogP contribution in [-0.4, -0.2) is 17.9 Å². The molecule has 4 bridgehead atoms. The largest absolute Gasteiger partial charge is 0.457 e. The van der Waals surface area contributed by atoms with E-state index in [2.05, 4.69) is 12.1 Å². The van der Waals surface area contributed by atoms with E-state index in [1.165, 1.54) is 56.2 Å². The van der Waals surface area contributed by atoms with Gasteiger partial charge in [0, 0.05) is 6.54 Å². The number of rotatable bonds is 6. The van der Waals surface area contributed by atoms with Crippen molar-refractivity contribution < 1.29 is 23.1 Å². The van der Waals surface area contributed by atoms with Crippen LogP contribution >= 0.6 is 0 Å². The summed E-state index contributed by atoms with van der Waals surface area (Å²) in [5.41, 5.74) is 3.46. The number of benzene rings is 2. The maximum atomic E-state index is 13.2. The highest BCUT2D eigenvalue weighted by molar-refractivity contribution is 5.38. The van der Waals surface area contributed by atoms with E-state index in [4.69, 9.17) is 9.94 Å². The molecule has 1 atom stereocenters. The Labute approximate surface area is 180 Å². The molecule has 0 aromatic heterocycles. The van der Waals surface area contributed by atoms with Gasteiger partial charge in [-0.2, -0.15) is 13.2 Å². The van der Waals surface area contributed by atoms with Crippen molar-refractivity contribution in [2.45, 2.75) is 56.0 Å². The third-order valence-electron chi connectivity index (χ3n) is 7.71. The first-order valence-corrected chi connectivity index (χ1v) is 11.2. The second-order valence-electron chi connectivity index (χ2n) is 9.85. The maximum Gasteiger partial charge on any atom is 0.397 e. The van der Waals surface area contributed by atoms with Crippen LogP contribution in [0.2, 0.25) is 0 Å². The predicted octanol–water partition coefficient (Wildman–Crippen LogP) is 6.57. The Morgan fingerprint density at radius 1 is 0.871 bits per heavy atom. The Kier molecular flexibility index (Phi) is 5.25. The molecule has 0 aliphatic heterocycles. The van der Waals surface area contributed by atoms with Gasteiger partial charge in [0.2, 0.25) is 0 Å². The van der Waals surface area contributed by atoms with Gasteiger partial charge in [-0.25, -0.2) is 5.48 Å². The highest BCUT2D eigenvalue weighted by atomic mass is 19.4. The van der Waals surface area contributed by atoms with Gasteiger partial charge in [-0.05, 0) is 97.1 Å². The highest BCUT2D eigenvalue weighted by Gasteiger charge is 2.51. The number of halogens is 3. The molecular weight excluding hydrogens is 403 g/mol. The lowest BCUT2D eigenvalue weighted by Crippen LogP contribution is -2.48. The van der Waals surface area contributed by atoms with Crippen LogP contribution in [0.15, 0.2) is 48.5 Å². The molecule has 31 heavy (non-hydrogen) atoms. The van der Waals surface area contributed by atoms with Gasteiger partial charge >= 0.3 is 6.18 Å². The van der Waals surface area contributed by atoms with Gasteiger partial charge in [-0.3, -0.25) is 0 Å². The summed E-state index contributed by atoms with van der Waals surface area (Å²) in [6.07, 6.45) is 3.74. The first kappa shape index (κ1) is 20.8. The Morgan fingerprint density at radius 3 is 1.81 bits per heavy atom. The zero-order valence-corrected chi connectivity index (χ0v) is 17.4. The summed E-state index contributed by atoms with van der Waals surface area (Å²) in [7, 11) is 0. The van der Waals surface area contributed by atoms with Crippen molar-refractivity contribution in [1.82, 2.24) is 5.48 Å². The molecule has 0 amide bonds. The zero-order chi connectivity index (χ0) is 21.6. The van der Waals surface area contributed by atoms with Crippen molar-refractivity contribution in [2.24, 2.45) is 17.8 Å². The topological polar surface area (TPSA) is 41.5 Å². The van der Waals surface area contributed by atoms with Crippen molar-refractivity contribution in [2.75, 3.05) is 6.54 Å². The molecule has 4 fully saturated rings. The fourth-order valence-corrected chi connectivity index (χ4v) is 6.76. The van der Waals surface area contributed by atoms with E-state index >= 15 is 0 Å². The lowest BCUT2D eigenvalue weighted by molar-refractivity contribution is -0.153. The normalized spacial score (nSPS) is 30.4. The monoisotopic (exact) mass is 431 g/mol. The standard InChI is InChI=1S/C25H28F3NO2/c26-25(27,28)23(15-29-30)19-1-5-21(6-2-19)31-22-7-3-20(4-8-22)24-12-16-9-17(13-24)11-18(10-16)14-24/h1-8,16-18,23,29-30H,9-15H2. The van der Waals surface area contributed by atoms with Crippen molar-refractivity contribution in [3.63, 3.8) is 0 Å². The average Bonchev–Trinajstić information content (AvgIpc) is 2.71. The fraction of sp³-hybridized carbons (Fsp3) is 0.520. The van der Waals surface area contributed by atoms with Crippen LogP contribution in [0.4, 0.5) is 13.2 Å². The first-order chi connectivity index (χ1) is 14.8. The minimum Gasteiger partial charge on any atom is -0.457 e. The third kappa shape index (κ3) is 4.08. The van der Waals surface area contributed by atoms with Gasteiger partial charge in [0.1, 0.15) is 11.5 Å². The van der Waals surface area contributed by atoms with E-state index in [-0.39, 0.29) is 5.56 Å². The van der Waals surface area contributed by atoms with Crippen LogP contribution in [0.25, 0.3) is 0 Å². The Morgan fingerprint density at radius 2 is 1.35 bits per heavy atom. The van der Waals surface area contributed by atoms with Crippen LogP contribution in [0.3, 0.4) is 0 Å². The lowest BCUT2D eigenvalue weighted by atomic mass is 9.48. The molecule has 0 heterocycles. The molecule has 4 aliphatic rings. The molecule has 4 saturated carbocycles. The molecule has 4 aliphatic carbocycles. The molecule has 6 heteroatoms. The fourth-order valence-electron chi connectivity index (χ4n) is 6.76. The smallest absolute Gasteiger partial charge is 0.397 e. The average molecular weight is 431 g/mol. The number of hydrogen-bond donors (Lipinski definition) is 2. The summed E-state index contributed by atoms with van der Waals surface area (Å²) < 4.78 is 45.4. The van der Waals surface area contributed by atoms with Crippen LogP contribution in [0, 0.1) is 17.8 Å². The number of hydrogen-bond acceptors (Lipinski definition) is 3. The quantitative estimate of drug-likeness (QED) is 0.508. The molecule has 166 valence electrons. The molecule has 0 radical (unpaired) electrons. The van der Waals surface area contributed by atoms with Crippen LogP contribution in [-0.2, 0) is 5.41 Å². The van der Waals surface area contributed by atoms with E-state index in [1.54, 1.807) is 17.6 Å². The van der Waals surface area contributed by atoms with Gasteiger partial charge in [0.15, 0.2) is 0 Å². The van der Waals surface area contributed by atoms with Crippen LogP contribution < -0.4 is 10.2 Å². The highest BCUT2D eigenvalue weighted by Crippen LogP contribution is 2.60. The molecule has 2 aromatic carbocycles. The Hall–Kier alpha value is -2.05. The molecule has 1 unspecified atom stereocenters. The minimum absolute atomic E-state index is 0.0820. The summed E-state index contributed by atoms with van der Waals surface area (Å²) in [6, 6.07) is 14.2. The van der Waals surface area contributed by atoms with Crippen LogP contribution in [0.5, 0.6) is 11.5 Å². The number of alkyl halides is 3. The summed E-state index contributed by atoms with van der Waals surface area (Å²) in [6.45, 7) is -0.588. The number of ether oxygens (including phenoxy) is 1. The van der Waals surface area contributed by atoms with Crippen molar-refractivity contribution >= 4 is 0 Å². The summed E-state index contributed by atoms with van der Waals surface area (Å²) in [5, 5.41) is 8.72. The van der Waals surface area contributed by atoms with Gasteiger partial charge in [-0.15, -0.1) is 0 Å². The van der Waals surface area contributed by atoms with E-state index in [1.807, 2.05) is 12.1 Å². The number of hydroxylamine groups is 1. The Bertz CT molecular complexity index is 873. The summed E-state index contributed by atoms with van der Waals surface area (Å²) in [5.74, 6) is 2.08. The molecular formula is C25H28F3NO2. The Balaban J connectivity index is 1.28. The van der Waals surface area contributed by atoms with Crippen LogP contribution in [0.1, 0.15) is 55.6 Å². The summed E-state index contributed by atoms with van der Waals surface area (Å²) >= 11 is 0. The van der Waals surface area contributed by atoms with Crippen molar-refractivity contribution in [3.05, 3.63) is 59.7 Å². The number of nitrogens with one attached hydrogen (secondary N) is 1. The molecule has 3 nitrogen and oxygen atoms in total. The van der Waals surface area contributed by atoms with E-state index < -0.39 is 18.6 Å². The molecule has 0 spiro atoms. The van der Waals surface area contributed by atoms with E-state index in [0.717, 1.165) is 17.8 Å². The van der Waals surface area contributed by atoms with Crippen molar-refractivity contribution in [3.8, 4) is 11.5 Å². The van der Waals surface area contributed by atoms with E-state index in [0.29, 0.717) is 16.9 Å². The van der Waals surface area contributed by atoms with E-state index in [9.17, 15) is 13.2 Å². The predicted molar refractivity (Wildman–Crippen MR) is 111 cm³/mol. The first-order valence-electron chi connectivity index (χ1n) is 11.2. The molecule has 6 rings (SSSR count). The van der Waals surface area contributed by atoms with Gasteiger partial charge in [0.25, 0.3) is 0 Å². The second-order valence-corrected chi connectivity index (χ2v) is 9.85. The zero-order valence-electron chi connectivity index (χ0n) is 17.4. The SMILES string of the molecule is ONCC(c1ccc(Oc2ccc(C34CC5CC(CC(C5)C3)C4)cc2)cc1)C(F)(F)F. The third-order valence-corrected chi connectivity index (χ3v) is 7.71. The van der Waals surface area contributed by atoms with Gasteiger partial charge < -0.3 is 9.94 Å². The summed E-state index contributed by atoms with van der Waals surface area (Å²) in [4.78, 5) is 0. The molecule has 2 N–H and O–H groups in total. The second kappa shape index (κ2) is 7.82. The van der Waals surface area contributed by atoms with Gasteiger partial charge in [-0.1, -0.05) is 24.3 Å². The molecule has 2 aromatic rings. The van der Waals surface area contributed by atoms with Crippen molar-refractivity contribution in [1.29, 1.82) is 0 Å². The molecule has 0 saturated heterocycles. The lowest BCUT2D eigenvalue weighted by Gasteiger charge is -2.57. The minimum atomic E-state index is -4.44.